The van der Waals surface area contributed by atoms with Crippen molar-refractivity contribution in [3.05, 3.63) is 57.0 Å². The number of aryl methyl sites for hydroxylation is 1. The number of hydrogen-bond donors (Lipinski definition) is 1. The molecule has 2 aromatic heterocycles. The largest absolute Gasteiger partial charge is 0.462 e. The van der Waals surface area contributed by atoms with Gasteiger partial charge in [-0.05, 0) is 44.0 Å². The van der Waals surface area contributed by atoms with Gasteiger partial charge in [0, 0.05) is 24.7 Å². The first-order chi connectivity index (χ1) is 13.9. The topological polar surface area (TPSA) is 90.5 Å². The Hall–Kier alpha value is -3.06. The molecule has 150 valence electrons. The average Bonchev–Trinajstić information content (AvgIpc) is 2.63. The summed E-state index contributed by atoms with van der Waals surface area (Å²) in [5, 5.41) is 0.547. The monoisotopic (exact) mass is 412 g/mol. The zero-order valence-electron chi connectivity index (χ0n) is 16.2. The first kappa shape index (κ1) is 19.3. The number of hydrogen-bond acceptors (Lipinski definition) is 6. The van der Waals surface area contributed by atoms with Crippen LogP contribution in [-0.4, -0.2) is 35.2 Å². The highest BCUT2D eigenvalue weighted by Crippen LogP contribution is 2.29. The van der Waals surface area contributed by atoms with Crippen LogP contribution in [0.1, 0.15) is 29.3 Å². The molecule has 7 nitrogen and oxygen atoms in total. The van der Waals surface area contributed by atoms with Gasteiger partial charge in [-0.1, -0.05) is 11.6 Å². The van der Waals surface area contributed by atoms with Gasteiger partial charge in [-0.15, -0.1) is 0 Å². The molecule has 3 aromatic rings. The van der Waals surface area contributed by atoms with Crippen LogP contribution in [-0.2, 0) is 4.74 Å². The number of rotatable bonds is 4. The minimum absolute atomic E-state index is 0.0635. The molecule has 2 N–H and O–H groups in total. The van der Waals surface area contributed by atoms with Crippen molar-refractivity contribution in [1.29, 1.82) is 0 Å². The summed E-state index contributed by atoms with van der Waals surface area (Å²) in [6.07, 6.45) is 4.39. The number of aromatic nitrogens is 2. The van der Waals surface area contributed by atoms with E-state index >= 15 is 0 Å². The number of nitrogen functional groups attached to an aromatic ring is 1. The fourth-order valence-corrected chi connectivity index (χ4v) is 3.58. The van der Waals surface area contributed by atoms with Crippen LogP contribution in [0.3, 0.4) is 0 Å². The molecule has 0 amide bonds. The number of benzene rings is 1. The smallest absolute Gasteiger partial charge is 0.343 e. The SMILES string of the molecule is CCOC(=O)c1cn(-c2cnc(N3CCC3)cc2C)c2cc(N)c(Cl)cc2c1=O. The third-order valence-corrected chi connectivity index (χ3v) is 5.45. The number of carbonyl (C=O) groups excluding carboxylic acids is 1. The van der Waals surface area contributed by atoms with Crippen molar-refractivity contribution in [2.45, 2.75) is 20.3 Å². The maximum atomic E-state index is 12.9. The molecule has 0 atom stereocenters. The van der Waals surface area contributed by atoms with Crippen molar-refractivity contribution in [3.8, 4) is 5.69 Å². The van der Waals surface area contributed by atoms with E-state index in [4.69, 9.17) is 22.1 Å². The molecule has 4 rings (SSSR count). The Kier molecular flexibility index (Phi) is 4.92. The van der Waals surface area contributed by atoms with E-state index in [1.165, 1.54) is 12.3 Å². The second-order valence-electron chi connectivity index (χ2n) is 7.02. The van der Waals surface area contributed by atoms with Crippen molar-refractivity contribution in [1.82, 2.24) is 9.55 Å². The fourth-order valence-electron chi connectivity index (χ4n) is 3.42. The van der Waals surface area contributed by atoms with Crippen molar-refractivity contribution in [2.24, 2.45) is 0 Å². The maximum absolute atomic E-state index is 12.9. The quantitative estimate of drug-likeness (QED) is 0.522. The Morgan fingerprint density at radius 3 is 2.69 bits per heavy atom. The predicted molar refractivity (Wildman–Crippen MR) is 114 cm³/mol. The van der Waals surface area contributed by atoms with Crippen LogP contribution in [0.25, 0.3) is 16.6 Å². The van der Waals surface area contributed by atoms with Gasteiger partial charge in [0.1, 0.15) is 11.4 Å². The molecule has 29 heavy (non-hydrogen) atoms. The summed E-state index contributed by atoms with van der Waals surface area (Å²) in [6, 6.07) is 5.13. The van der Waals surface area contributed by atoms with Crippen molar-refractivity contribution in [2.75, 3.05) is 30.3 Å². The lowest BCUT2D eigenvalue weighted by Crippen LogP contribution is -2.37. The van der Waals surface area contributed by atoms with Crippen LogP contribution in [0.4, 0.5) is 11.5 Å². The summed E-state index contributed by atoms with van der Waals surface area (Å²) in [5.41, 5.74) is 8.08. The van der Waals surface area contributed by atoms with E-state index in [0.29, 0.717) is 16.6 Å². The molecule has 8 heteroatoms. The van der Waals surface area contributed by atoms with Crippen molar-refractivity contribution in [3.63, 3.8) is 0 Å². The summed E-state index contributed by atoms with van der Waals surface area (Å²) in [5.74, 6) is 0.236. The zero-order valence-corrected chi connectivity index (χ0v) is 17.0. The molecule has 1 fully saturated rings. The van der Waals surface area contributed by atoms with Crippen LogP contribution in [0, 0.1) is 6.92 Å². The average molecular weight is 413 g/mol. The fraction of sp³-hybridized carbons (Fsp3) is 0.286. The Morgan fingerprint density at radius 1 is 1.31 bits per heavy atom. The molecule has 3 heterocycles. The van der Waals surface area contributed by atoms with Crippen LogP contribution in [0.15, 0.2) is 35.4 Å². The molecule has 1 aromatic carbocycles. The number of fused-ring (bicyclic) bond motifs is 1. The van der Waals surface area contributed by atoms with Gasteiger partial charge in [-0.2, -0.15) is 0 Å². The second-order valence-corrected chi connectivity index (χ2v) is 7.43. The Bertz CT molecular complexity index is 1180. The molecule has 0 unspecified atom stereocenters. The van der Waals surface area contributed by atoms with Gasteiger partial charge in [0.25, 0.3) is 0 Å². The van der Waals surface area contributed by atoms with Gasteiger partial charge in [0.15, 0.2) is 0 Å². The van der Waals surface area contributed by atoms with E-state index in [0.717, 1.165) is 36.6 Å². The summed E-state index contributed by atoms with van der Waals surface area (Å²) in [6.45, 7) is 5.82. The van der Waals surface area contributed by atoms with Crippen LogP contribution >= 0.6 is 11.6 Å². The standard InChI is InChI=1S/C21H21ClN4O3/c1-3-29-21(28)14-11-26(17-9-16(23)15(22)8-13(17)20(14)27)18-10-24-19(7-12(18)2)25-5-4-6-25/h7-11H,3-6,23H2,1-2H3. The molecule has 1 saturated heterocycles. The normalized spacial score (nSPS) is 13.4. The minimum Gasteiger partial charge on any atom is -0.462 e. The lowest BCUT2D eigenvalue weighted by molar-refractivity contribution is 0.0524. The molecule has 0 radical (unpaired) electrons. The van der Waals surface area contributed by atoms with Gasteiger partial charge in [-0.25, -0.2) is 9.78 Å². The summed E-state index contributed by atoms with van der Waals surface area (Å²) in [7, 11) is 0. The van der Waals surface area contributed by atoms with Crippen molar-refractivity contribution >= 4 is 40.0 Å². The molecule has 1 aliphatic rings. The number of ether oxygens (including phenoxy) is 1. The van der Waals surface area contributed by atoms with Gasteiger partial charge in [0.2, 0.25) is 5.43 Å². The Morgan fingerprint density at radius 2 is 2.07 bits per heavy atom. The van der Waals surface area contributed by atoms with E-state index in [2.05, 4.69) is 9.88 Å². The highest BCUT2D eigenvalue weighted by Gasteiger charge is 2.21. The number of nitrogens with two attached hydrogens (primary N) is 1. The highest BCUT2D eigenvalue weighted by molar-refractivity contribution is 6.33. The van der Waals surface area contributed by atoms with E-state index in [-0.39, 0.29) is 17.2 Å². The lowest BCUT2D eigenvalue weighted by Gasteiger charge is -2.32. The molecular formula is C21H21ClN4O3. The molecule has 1 aliphatic heterocycles. The number of pyridine rings is 2. The molecule has 0 saturated carbocycles. The first-order valence-electron chi connectivity index (χ1n) is 9.44. The number of anilines is 2. The van der Waals surface area contributed by atoms with Gasteiger partial charge in [0.05, 0.1) is 34.7 Å². The number of halogens is 1. The van der Waals surface area contributed by atoms with Gasteiger partial charge < -0.3 is 19.9 Å². The van der Waals surface area contributed by atoms with E-state index in [9.17, 15) is 9.59 Å². The number of esters is 1. The first-order valence-corrected chi connectivity index (χ1v) is 9.82. The van der Waals surface area contributed by atoms with E-state index < -0.39 is 11.4 Å². The second kappa shape index (κ2) is 7.40. The van der Waals surface area contributed by atoms with E-state index in [1.807, 2.05) is 13.0 Å². The molecular weight excluding hydrogens is 392 g/mol. The third-order valence-electron chi connectivity index (χ3n) is 5.13. The van der Waals surface area contributed by atoms with Crippen LogP contribution in [0.2, 0.25) is 5.02 Å². The Labute approximate surface area is 172 Å². The van der Waals surface area contributed by atoms with Crippen molar-refractivity contribution < 1.29 is 9.53 Å². The van der Waals surface area contributed by atoms with Crippen LogP contribution < -0.4 is 16.1 Å². The van der Waals surface area contributed by atoms with Crippen LogP contribution in [0.5, 0.6) is 0 Å². The Balaban J connectivity index is 1.97. The molecule has 0 bridgehead atoms. The predicted octanol–water partition coefficient (Wildman–Crippen LogP) is 3.32. The summed E-state index contributed by atoms with van der Waals surface area (Å²) < 4.78 is 6.82. The zero-order chi connectivity index (χ0) is 20.7. The third kappa shape index (κ3) is 3.31. The number of nitrogens with zero attached hydrogens (tertiary/aromatic N) is 3. The van der Waals surface area contributed by atoms with E-state index in [1.54, 1.807) is 23.8 Å². The summed E-state index contributed by atoms with van der Waals surface area (Å²) >= 11 is 6.15. The maximum Gasteiger partial charge on any atom is 0.343 e. The lowest BCUT2D eigenvalue weighted by atomic mass is 10.1. The summed E-state index contributed by atoms with van der Waals surface area (Å²) in [4.78, 5) is 32.1. The number of carbonyl (C=O) groups is 1. The van der Waals surface area contributed by atoms with Gasteiger partial charge in [-0.3, -0.25) is 4.79 Å². The molecule has 0 spiro atoms. The van der Waals surface area contributed by atoms with Gasteiger partial charge >= 0.3 is 5.97 Å². The highest BCUT2D eigenvalue weighted by atomic mass is 35.5. The minimum atomic E-state index is -0.677. The molecule has 0 aliphatic carbocycles.